The van der Waals surface area contributed by atoms with Crippen molar-refractivity contribution in [3.05, 3.63) is 35.9 Å². The van der Waals surface area contributed by atoms with Gasteiger partial charge in [0.2, 0.25) is 0 Å². The second kappa shape index (κ2) is 4.28. The molecule has 1 aliphatic rings. The molecule has 0 aliphatic carbocycles. The van der Waals surface area contributed by atoms with Crippen LogP contribution in [0, 0.1) is 6.07 Å². The van der Waals surface area contributed by atoms with Crippen LogP contribution in [0.15, 0.2) is 24.3 Å². The molecule has 81 valence electrons. The minimum absolute atomic E-state index is 0.0195. The van der Waals surface area contributed by atoms with Crippen LogP contribution >= 0.6 is 0 Å². The van der Waals surface area contributed by atoms with Gasteiger partial charge in [-0.15, -0.1) is 0 Å². The first-order valence-corrected chi connectivity index (χ1v) is 4.82. The minimum atomic E-state index is -1.17. The van der Waals surface area contributed by atoms with E-state index in [4.69, 9.17) is 4.74 Å². The molecule has 0 aromatic heterocycles. The Hall–Kier alpha value is -0.940. The van der Waals surface area contributed by atoms with Crippen molar-refractivity contribution in [3.63, 3.8) is 0 Å². The van der Waals surface area contributed by atoms with Crippen molar-refractivity contribution in [1.82, 2.24) is 0 Å². The van der Waals surface area contributed by atoms with Crippen LogP contribution in [0.4, 0.5) is 0 Å². The molecule has 1 aromatic carbocycles. The van der Waals surface area contributed by atoms with Crippen LogP contribution in [0.5, 0.6) is 0 Å². The molecule has 0 amide bonds. The summed E-state index contributed by atoms with van der Waals surface area (Å²) in [5, 5.41) is 28.5. The van der Waals surface area contributed by atoms with E-state index in [1.54, 1.807) is 18.2 Å². The van der Waals surface area contributed by atoms with Crippen LogP contribution in [0.25, 0.3) is 0 Å². The summed E-state index contributed by atoms with van der Waals surface area (Å²) in [6.07, 6.45) is -3.94. The highest BCUT2D eigenvalue weighted by atomic mass is 16.5. The predicted octanol–water partition coefficient (Wildman–Crippen LogP) is -0.359. The summed E-state index contributed by atoms with van der Waals surface area (Å²) >= 11 is 0. The molecule has 1 aliphatic heterocycles. The summed E-state index contributed by atoms with van der Waals surface area (Å²) in [5.74, 6) is 0. The molecule has 0 saturated carbocycles. The molecule has 1 fully saturated rings. The lowest BCUT2D eigenvalue weighted by atomic mass is 9.95. The zero-order valence-corrected chi connectivity index (χ0v) is 8.08. The fourth-order valence-corrected chi connectivity index (χ4v) is 1.66. The molecule has 1 aromatic rings. The number of ether oxygens (including phenoxy) is 1. The van der Waals surface area contributed by atoms with Gasteiger partial charge in [0, 0.05) is 0 Å². The van der Waals surface area contributed by atoms with Crippen LogP contribution in [0.3, 0.4) is 0 Å². The second-order valence-corrected chi connectivity index (χ2v) is 3.62. The molecule has 1 heterocycles. The highest BCUT2D eigenvalue weighted by molar-refractivity contribution is 5.18. The van der Waals surface area contributed by atoms with Crippen LogP contribution in [-0.2, 0) is 4.74 Å². The lowest BCUT2D eigenvalue weighted by Gasteiger charge is -2.35. The first-order valence-electron chi connectivity index (χ1n) is 4.82. The van der Waals surface area contributed by atoms with E-state index in [1.807, 2.05) is 6.07 Å². The molecule has 1 unspecified atom stereocenters. The Morgan fingerprint density at radius 3 is 2.67 bits per heavy atom. The maximum absolute atomic E-state index is 9.71. The van der Waals surface area contributed by atoms with E-state index < -0.39 is 24.4 Å². The maximum atomic E-state index is 9.71. The molecule has 3 N–H and O–H groups in total. The fourth-order valence-electron chi connectivity index (χ4n) is 1.66. The van der Waals surface area contributed by atoms with Crippen LogP contribution in [-0.4, -0.2) is 40.2 Å². The molecule has 0 spiro atoms. The Labute approximate surface area is 87.7 Å². The number of rotatable bonds is 1. The lowest BCUT2D eigenvalue weighted by Crippen LogP contribution is -2.49. The van der Waals surface area contributed by atoms with E-state index in [-0.39, 0.29) is 6.61 Å². The molecule has 0 bridgehead atoms. The van der Waals surface area contributed by atoms with Gasteiger partial charge in [-0.25, -0.2) is 0 Å². The Balaban J connectivity index is 2.17. The summed E-state index contributed by atoms with van der Waals surface area (Å²) in [5.41, 5.74) is 0.677. The van der Waals surface area contributed by atoms with Gasteiger partial charge in [-0.3, -0.25) is 0 Å². The predicted molar refractivity (Wildman–Crippen MR) is 52.0 cm³/mol. The van der Waals surface area contributed by atoms with E-state index in [0.29, 0.717) is 5.56 Å². The molecular formula is C11H13O4. The molecule has 1 saturated heterocycles. The average Bonchev–Trinajstić information content (AvgIpc) is 2.27. The quantitative estimate of drug-likeness (QED) is 0.591. The number of aliphatic hydroxyl groups excluding tert-OH is 3. The molecule has 15 heavy (non-hydrogen) atoms. The van der Waals surface area contributed by atoms with Crippen molar-refractivity contribution in [2.24, 2.45) is 0 Å². The first kappa shape index (κ1) is 10.6. The van der Waals surface area contributed by atoms with Crippen LogP contribution in [0.2, 0.25) is 0 Å². The van der Waals surface area contributed by atoms with Gasteiger partial charge < -0.3 is 20.1 Å². The normalized spacial score (nSPS) is 36.5. The third-order valence-electron chi connectivity index (χ3n) is 2.54. The molecule has 4 heteroatoms. The van der Waals surface area contributed by atoms with Crippen molar-refractivity contribution in [1.29, 1.82) is 0 Å². The van der Waals surface area contributed by atoms with Crippen LogP contribution in [0.1, 0.15) is 11.7 Å². The van der Waals surface area contributed by atoms with E-state index >= 15 is 0 Å². The number of aliphatic hydroxyl groups is 3. The van der Waals surface area contributed by atoms with Crippen molar-refractivity contribution in [2.45, 2.75) is 24.4 Å². The zero-order valence-electron chi connectivity index (χ0n) is 8.08. The highest BCUT2D eigenvalue weighted by Gasteiger charge is 2.38. The maximum Gasteiger partial charge on any atom is 0.113 e. The number of benzene rings is 1. The molecule has 2 rings (SSSR count). The Kier molecular flexibility index (Phi) is 3.02. The third-order valence-corrected chi connectivity index (χ3v) is 2.54. The molecule has 4 atom stereocenters. The van der Waals surface area contributed by atoms with E-state index in [9.17, 15) is 15.3 Å². The van der Waals surface area contributed by atoms with E-state index in [1.165, 1.54) is 0 Å². The van der Waals surface area contributed by atoms with Gasteiger partial charge in [0.05, 0.1) is 6.61 Å². The zero-order chi connectivity index (χ0) is 10.8. The monoisotopic (exact) mass is 209 g/mol. The largest absolute Gasteiger partial charge is 0.388 e. The van der Waals surface area contributed by atoms with Crippen molar-refractivity contribution in [3.8, 4) is 0 Å². The second-order valence-electron chi connectivity index (χ2n) is 3.62. The molecule has 1 radical (unpaired) electrons. The van der Waals surface area contributed by atoms with Gasteiger partial charge >= 0.3 is 0 Å². The van der Waals surface area contributed by atoms with Crippen molar-refractivity contribution in [2.75, 3.05) is 6.61 Å². The minimum Gasteiger partial charge on any atom is -0.388 e. The first-order chi connectivity index (χ1) is 7.20. The summed E-state index contributed by atoms with van der Waals surface area (Å²) in [7, 11) is 0. The van der Waals surface area contributed by atoms with Gasteiger partial charge in [0.25, 0.3) is 0 Å². The van der Waals surface area contributed by atoms with Gasteiger partial charge in [-0.05, 0) is 11.6 Å². The Morgan fingerprint density at radius 1 is 1.20 bits per heavy atom. The highest BCUT2D eigenvalue weighted by Crippen LogP contribution is 2.28. The Morgan fingerprint density at radius 2 is 2.00 bits per heavy atom. The summed E-state index contributed by atoms with van der Waals surface area (Å²) < 4.78 is 5.27. The van der Waals surface area contributed by atoms with Gasteiger partial charge in [0.1, 0.15) is 24.4 Å². The summed E-state index contributed by atoms with van der Waals surface area (Å²) in [6.45, 7) is 0.0195. The van der Waals surface area contributed by atoms with Gasteiger partial charge in [-0.1, -0.05) is 24.3 Å². The van der Waals surface area contributed by atoms with Gasteiger partial charge in [0.15, 0.2) is 0 Å². The average molecular weight is 209 g/mol. The van der Waals surface area contributed by atoms with Gasteiger partial charge in [-0.2, -0.15) is 0 Å². The summed E-state index contributed by atoms with van der Waals surface area (Å²) in [6, 6.07) is 10.0. The Bertz CT molecular complexity index is 314. The smallest absolute Gasteiger partial charge is 0.113 e. The van der Waals surface area contributed by atoms with E-state index in [0.717, 1.165) is 0 Å². The van der Waals surface area contributed by atoms with Crippen LogP contribution < -0.4 is 0 Å². The lowest BCUT2D eigenvalue weighted by molar-refractivity contribution is -0.189. The fraction of sp³-hybridized carbons (Fsp3) is 0.455. The standard InChI is InChI=1S/C11H13O4/c12-8-6-15-11(10(14)9(8)13)7-4-2-1-3-5-7/h1-4,8-14H,6H2/t8-,9+,10-,11?/m1/s1. The van der Waals surface area contributed by atoms with Crippen molar-refractivity contribution >= 4 is 0 Å². The number of hydrogen-bond acceptors (Lipinski definition) is 4. The van der Waals surface area contributed by atoms with Crippen molar-refractivity contribution < 1.29 is 20.1 Å². The third kappa shape index (κ3) is 2.03. The summed E-state index contributed by atoms with van der Waals surface area (Å²) in [4.78, 5) is 0. The molecular weight excluding hydrogens is 196 g/mol. The SMILES string of the molecule is O[C@H]1[C@H](O)COC(c2[c]cccc2)[C@@H]1O. The number of hydrogen-bond donors (Lipinski definition) is 3. The molecule has 4 nitrogen and oxygen atoms in total. The topological polar surface area (TPSA) is 69.9 Å². The van der Waals surface area contributed by atoms with E-state index in [2.05, 4.69) is 6.07 Å².